The number of aromatic amines is 1. The number of aryl methyl sites for hydroxylation is 1. The smallest absolute Gasteiger partial charge is 0.151 e. The van der Waals surface area contributed by atoms with Gasteiger partial charge in [-0.25, -0.2) is 4.98 Å². The Morgan fingerprint density at radius 2 is 2.07 bits per heavy atom. The number of hydrogen-bond donors (Lipinski definition) is 2. The molecule has 80 valence electrons. The average molecular weight is 196 g/mol. The Bertz CT molecular complexity index is 272. The zero-order valence-electron chi connectivity index (χ0n) is 9.52. The number of rotatable bonds is 4. The van der Waals surface area contributed by atoms with Gasteiger partial charge >= 0.3 is 0 Å². The molecule has 0 bridgehead atoms. The lowest BCUT2D eigenvalue weighted by Crippen LogP contribution is -2.28. The molecule has 0 unspecified atom stereocenters. The minimum Gasteiger partial charge on any atom is -0.316 e. The van der Waals surface area contributed by atoms with E-state index in [1.54, 1.807) is 0 Å². The Hall–Kier alpha value is -0.900. The van der Waals surface area contributed by atoms with Gasteiger partial charge in [-0.1, -0.05) is 20.8 Å². The maximum Gasteiger partial charge on any atom is 0.151 e. The Labute approximate surface area is 85.5 Å². The van der Waals surface area contributed by atoms with Crippen LogP contribution in [0.3, 0.4) is 0 Å². The molecule has 0 radical (unpaired) electrons. The van der Waals surface area contributed by atoms with Crippen LogP contribution >= 0.6 is 0 Å². The van der Waals surface area contributed by atoms with Gasteiger partial charge in [-0.15, -0.1) is 0 Å². The third-order valence-corrected chi connectivity index (χ3v) is 1.82. The third kappa shape index (κ3) is 4.37. The highest BCUT2D eigenvalue weighted by Gasteiger charge is 2.08. The van der Waals surface area contributed by atoms with Crippen molar-refractivity contribution in [3.05, 3.63) is 11.6 Å². The van der Waals surface area contributed by atoms with Crippen LogP contribution in [0.5, 0.6) is 0 Å². The minimum absolute atomic E-state index is 0.342. The van der Waals surface area contributed by atoms with Crippen LogP contribution < -0.4 is 5.32 Å². The van der Waals surface area contributed by atoms with Crippen LogP contribution in [0.25, 0.3) is 0 Å². The largest absolute Gasteiger partial charge is 0.316 e. The predicted octanol–water partition coefficient (Wildman–Crippen LogP) is 1.29. The van der Waals surface area contributed by atoms with Crippen molar-refractivity contribution in [2.24, 2.45) is 5.41 Å². The summed E-state index contributed by atoms with van der Waals surface area (Å²) < 4.78 is 0. The summed E-state index contributed by atoms with van der Waals surface area (Å²) in [5, 5.41) is 10.3. The summed E-state index contributed by atoms with van der Waals surface area (Å²) in [6, 6.07) is 0. The number of nitrogens with one attached hydrogen (secondary N) is 2. The third-order valence-electron chi connectivity index (χ3n) is 1.82. The van der Waals surface area contributed by atoms with Crippen molar-refractivity contribution < 1.29 is 0 Å². The quantitative estimate of drug-likeness (QED) is 0.713. The second-order valence-corrected chi connectivity index (χ2v) is 4.82. The second-order valence-electron chi connectivity index (χ2n) is 4.82. The maximum absolute atomic E-state index is 4.24. The molecule has 1 aromatic rings. The lowest BCUT2D eigenvalue weighted by atomic mass is 9.97. The van der Waals surface area contributed by atoms with Gasteiger partial charge in [0.05, 0.1) is 0 Å². The molecule has 0 saturated carbocycles. The predicted molar refractivity (Wildman–Crippen MR) is 57.1 cm³/mol. The van der Waals surface area contributed by atoms with Crippen molar-refractivity contribution in [3.8, 4) is 0 Å². The molecule has 4 nitrogen and oxygen atoms in total. The normalized spacial score (nSPS) is 12.0. The number of aromatic nitrogens is 3. The van der Waals surface area contributed by atoms with Crippen molar-refractivity contribution in [2.45, 2.75) is 34.1 Å². The van der Waals surface area contributed by atoms with E-state index < -0.39 is 0 Å². The number of nitrogens with zero attached hydrogens (tertiary/aromatic N) is 2. The first-order valence-corrected chi connectivity index (χ1v) is 5.06. The zero-order chi connectivity index (χ0) is 10.6. The van der Waals surface area contributed by atoms with Gasteiger partial charge in [0.15, 0.2) is 5.82 Å². The zero-order valence-corrected chi connectivity index (χ0v) is 9.52. The molecule has 0 atom stereocenters. The molecule has 0 saturated heterocycles. The van der Waals surface area contributed by atoms with Gasteiger partial charge in [0.1, 0.15) is 5.82 Å². The maximum atomic E-state index is 4.24. The molecule has 0 aliphatic heterocycles. The van der Waals surface area contributed by atoms with E-state index >= 15 is 0 Å². The van der Waals surface area contributed by atoms with Gasteiger partial charge in [0.25, 0.3) is 0 Å². The van der Waals surface area contributed by atoms with Crippen molar-refractivity contribution in [1.82, 2.24) is 20.5 Å². The molecule has 4 heteroatoms. The van der Waals surface area contributed by atoms with Gasteiger partial charge in [-0.2, -0.15) is 5.10 Å². The fraction of sp³-hybridized carbons (Fsp3) is 0.800. The van der Waals surface area contributed by atoms with E-state index in [0.717, 1.165) is 31.2 Å². The van der Waals surface area contributed by atoms with E-state index in [-0.39, 0.29) is 0 Å². The van der Waals surface area contributed by atoms with Crippen LogP contribution in [0.1, 0.15) is 32.4 Å². The van der Waals surface area contributed by atoms with Gasteiger partial charge in [0.2, 0.25) is 0 Å². The molecule has 1 rings (SSSR count). The van der Waals surface area contributed by atoms with Crippen LogP contribution in [-0.2, 0) is 6.42 Å². The SMILES string of the molecule is Cc1nc(CCNCC(C)(C)C)n[nH]1. The van der Waals surface area contributed by atoms with Gasteiger partial charge in [-0.3, -0.25) is 5.10 Å². The molecule has 1 heterocycles. The summed E-state index contributed by atoms with van der Waals surface area (Å²) >= 11 is 0. The van der Waals surface area contributed by atoms with Gasteiger partial charge in [0, 0.05) is 19.5 Å². The Balaban J connectivity index is 2.16. The average Bonchev–Trinajstić information content (AvgIpc) is 2.44. The second kappa shape index (κ2) is 4.55. The number of H-pyrrole nitrogens is 1. The number of hydrogen-bond acceptors (Lipinski definition) is 3. The van der Waals surface area contributed by atoms with E-state index in [4.69, 9.17) is 0 Å². The first kappa shape index (κ1) is 11.2. The lowest BCUT2D eigenvalue weighted by molar-refractivity contribution is 0.381. The summed E-state index contributed by atoms with van der Waals surface area (Å²) in [5.74, 6) is 1.78. The summed E-state index contributed by atoms with van der Waals surface area (Å²) in [6.07, 6.45) is 0.889. The van der Waals surface area contributed by atoms with Crippen LogP contribution in [0.2, 0.25) is 0 Å². The molecular formula is C10H20N4. The Kier molecular flexibility index (Phi) is 3.63. The first-order chi connectivity index (χ1) is 6.47. The van der Waals surface area contributed by atoms with E-state index in [0.29, 0.717) is 5.41 Å². The summed E-state index contributed by atoms with van der Waals surface area (Å²) in [4.78, 5) is 4.24. The molecule has 0 fully saturated rings. The fourth-order valence-corrected chi connectivity index (χ4v) is 1.16. The van der Waals surface area contributed by atoms with Crippen LogP contribution in [0, 0.1) is 12.3 Å². The molecule has 0 aromatic carbocycles. The highest BCUT2D eigenvalue weighted by atomic mass is 15.2. The van der Waals surface area contributed by atoms with Crippen LogP contribution in [0.4, 0.5) is 0 Å². The topological polar surface area (TPSA) is 53.6 Å². The lowest BCUT2D eigenvalue weighted by Gasteiger charge is -2.18. The van der Waals surface area contributed by atoms with Gasteiger partial charge < -0.3 is 5.32 Å². The summed E-state index contributed by atoms with van der Waals surface area (Å²) in [5.41, 5.74) is 0.342. The molecule has 2 N–H and O–H groups in total. The fourth-order valence-electron chi connectivity index (χ4n) is 1.16. The minimum atomic E-state index is 0.342. The molecule has 1 aromatic heterocycles. The monoisotopic (exact) mass is 196 g/mol. The molecule has 0 amide bonds. The highest BCUT2D eigenvalue weighted by Crippen LogP contribution is 2.09. The highest BCUT2D eigenvalue weighted by molar-refractivity contribution is 4.88. The molecule has 0 aliphatic carbocycles. The van der Waals surface area contributed by atoms with Crippen molar-refractivity contribution >= 4 is 0 Å². The van der Waals surface area contributed by atoms with E-state index in [2.05, 4.69) is 41.3 Å². The molecule has 14 heavy (non-hydrogen) atoms. The molecule has 0 spiro atoms. The summed E-state index contributed by atoms with van der Waals surface area (Å²) in [7, 11) is 0. The van der Waals surface area contributed by atoms with Crippen molar-refractivity contribution in [2.75, 3.05) is 13.1 Å². The van der Waals surface area contributed by atoms with Crippen molar-refractivity contribution in [3.63, 3.8) is 0 Å². The first-order valence-electron chi connectivity index (χ1n) is 5.06. The Morgan fingerprint density at radius 3 is 2.57 bits per heavy atom. The van der Waals surface area contributed by atoms with Crippen molar-refractivity contribution in [1.29, 1.82) is 0 Å². The van der Waals surface area contributed by atoms with Crippen LogP contribution in [-0.4, -0.2) is 28.3 Å². The summed E-state index contributed by atoms with van der Waals surface area (Å²) in [6.45, 7) is 10.5. The van der Waals surface area contributed by atoms with E-state index in [1.165, 1.54) is 0 Å². The van der Waals surface area contributed by atoms with E-state index in [1.807, 2.05) is 6.92 Å². The van der Waals surface area contributed by atoms with Crippen LogP contribution in [0.15, 0.2) is 0 Å². The van der Waals surface area contributed by atoms with E-state index in [9.17, 15) is 0 Å². The Morgan fingerprint density at radius 1 is 1.36 bits per heavy atom. The molecule has 0 aliphatic rings. The molecular weight excluding hydrogens is 176 g/mol. The standard InChI is InChI=1S/C10H20N4/c1-8-12-9(14-13-8)5-6-11-7-10(2,3)4/h11H,5-7H2,1-4H3,(H,12,13,14). The van der Waals surface area contributed by atoms with Gasteiger partial charge in [-0.05, 0) is 12.3 Å².